The van der Waals surface area contributed by atoms with E-state index in [4.69, 9.17) is 5.11 Å². The molecule has 90 valence electrons. The summed E-state index contributed by atoms with van der Waals surface area (Å²) in [6.07, 6.45) is 1.42. The summed E-state index contributed by atoms with van der Waals surface area (Å²) in [5.41, 5.74) is 2.79. The zero-order valence-corrected chi connectivity index (χ0v) is 10.7. The minimum absolute atomic E-state index is 0.222. The zero-order chi connectivity index (χ0) is 12.6. The molecule has 0 saturated heterocycles. The molecule has 0 aliphatic carbocycles. The van der Waals surface area contributed by atoms with Gasteiger partial charge < -0.3 is 5.11 Å². The van der Waals surface area contributed by atoms with Gasteiger partial charge >= 0.3 is 5.97 Å². The molecule has 0 unspecified atom stereocenters. The van der Waals surface area contributed by atoms with Crippen molar-refractivity contribution in [2.75, 3.05) is 0 Å². The van der Waals surface area contributed by atoms with Crippen LogP contribution in [0.3, 0.4) is 0 Å². The normalized spacial score (nSPS) is 9.56. The molecule has 0 amide bonds. The molecule has 0 spiro atoms. The van der Waals surface area contributed by atoms with Crippen LogP contribution in [0.4, 0.5) is 0 Å². The van der Waals surface area contributed by atoms with Gasteiger partial charge in [0.25, 0.3) is 0 Å². The summed E-state index contributed by atoms with van der Waals surface area (Å²) < 4.78 is 0. The van der Waals surface area contributed by atoms with Gasteiger partial charge in [0.1, 0.15) is 0 Å². The van der Waals surface area contributed by atoms with Crippen molar-refractivity contribution in [2.24, 2.45) is 5.92 Å². The van der Waals surface area contributed by atoms with Crippen molar-refractivity contribution in [3.05, 3.63) is 35.4 Å². The van der Waals surface area contributed by atoms with Gasteiger partial charge in [0.2, 0.25) is 0 Å². The number of carbonyl (C=O) groups is 1. The minimum Gasteiger partial charge on any atom is -0.481 e. The zero-order valence-electron chi connectivity index (χ0n) is 10.7. The number of aryl methyl sites for hydroxylation is 1. The summed E-state index contributed by atoms with van der Waals surface area (Å²) in [4.78, 5) is 9.37. The van der Waals surface area contributed by atoms with Gasteiger partial charge in [-0.2, -0.15) is 0 Å². The molecule has 0 heterocycles. The first-order valence-corrected chi connectivity index (χ1v) is 5.73. The lowest BCUT2D eigenvalue weighted by Gasteiger charge is -2.04. The van der Waals surface area contributed by atoms with E-state index >= 15 is 0 Å². The summed E-state index contributed by atoms with van der Waals surface area (Å²) in [6.45, 7) is 8.22. The van der Waals surface area contributed by atoms with E-state index < -0.39 is 5.97 Å². The Hall–Kier alpha value is -1.31. The highest BCUT2D eigenvalue weighted by Gasteiger charge is 1.95. The second kappa shape index (κ2) is 7.91. The van der Waals surface area contributed by atoms with E-state index in [0.29, 0.717) is 0 Å². The van der Waals surface area contributed by atoms with E-state index in [2.05, 4.69) is 45.0 Å². The summed E-state index contributed by atoms with van der Waals surface area (Å²) in [6, 6.07) is 8.79. The molecule has 0 saturated carbocycles. The first kappa shape index (κ1) is 14.7. The SMILES string of the molecule is CCC(=O)O.Cc1ccc(CC(C)C)cc1. The Balaban J connectivity index is 0.000000385. The van der Waals surface area contributed by atoms with Gasteiger partial charge in [-0.25, -0.2) is 0 Å². The lowest BCUT2D eigenvalue weighted by atomic mass is 10.0. The average molecular weight is 222 g/mol. The van der Waals surface area contributed by atoms with Crippen LogP contribution >= 0.6 is 0 Å². The molecule has 16 heavy (non-hydrogen) atoms. The van der Waals surface area contributed by atoms with Gasteiger partial charge in [0, 0.05) is 6.42 Å². The van der Waals surface area contributed by atoms with Crippen LogP contribution in [-0.2, 0) is 11.2 Å². The molecule has 0 radical (unpaired) electrons. The molecule has 0 aliphatic rings. The van der Waals surface area contributed by atoms with Crippen molar-refractivity contribution in [2.45, 2.75) is 40.5 Å². The molecule has 0 atom stereocenters. The molecule has 2 heteroatoms. The van der Waals surface area contributed by atoms with Crippen LogP contribution in [0.15, 0.2) is 24.3 Å². The summed E-state index contributed by atoms with van der Waals surface area (Å²) >= 11 is 0. The number of carboxylic acid groups (broad SMARTS) is 1. The van der Waals surface area contributed by atoms with Crippen molar-refractivity contribution in [3.63, 3.8) is 0 Å². The van der Waals surface area contributed by atoms with E-state index in [1.165, 1.54) is 17.5 Å². The summed E-state index contributed by atoms with van der Waals surface area (Å²) in [5, 5.41) is 7.72. The highest BCUT2D eigenvalue weighted by molar-refractivity contribution is 5.66. The Morgan fingerprint density at radius 3 is 2.00 bits per heavy atom. The number of rotatable bonds is 3. The Kier molecular flexibility index (Phi) is 7.27. The van der Waals surface area contributed by atoms with Crippen molar-refractivity contribution < 1.29 is 9.90 Å². The smallest absolute Gasteiger partial charge is 0.303 e. The van der Waals surface area contributed by atoms with E-state index in [1.54, 1.807) is 6.92 Å². The fourth-order valence-electron chi connectivity index (χ4n) is 1.20. The van der Waals surface area contributed by atoms with Crippen LogP contribution in [-0.4, -0.2) is 11.1 Å². The van der Waals surface area contributed by atoms with Crippen LogP contribution in [0.5, 0.6) is 0 Å². The maximum atomic E-state index is 9.37. The second-order valence-corrected chi connectivity index (χ2v) is 4.33. The van der Waals surface area contributed by atoms with Gasteiger partial charge in [-0.1, -0.05) is 50.6 Å². The first-order chi connectivity index (χ1) is 7.45. The van der Waals surface area contributed by atoms with E-state index in [9.17, 15) is 4.79 Å². The molecule has 0 aliphatic heterocycles. The molecule has 0 bridgehead atoms. The van der Waals surface area contributed by atoms with E-state index in [0.717, 1.165) is 5.92 Å². The maximum absolute atomic E-state index is 9.37. The Bertz CT molecular complexity index is 299. The molecule has 2 nitrogen and oxygen atoms in total. The Morgan fingerprint density at radius 2 is 1.69 bits per heavy atom. The van der Waals surface area contributed by atoms with Crippen LogP contribution in [0.2, 0.25) is 0 Å². The average Bonchev–Trinajstić information content (AvgIpc) is 2.22. The quantitative estimate of drug-likeness (QED) is 0.847. The van der Waals surface area contributed by atoms with Gasteiger partial charge in [0.05, 0.1) is 0 Å². The fraction of sp³-hybridized carbons (Fsp3) is 0.500. The molecular weight excluding hydrogens is 200 g/mol. The van der Waals surface area contributed by atoms with Crippen molar-refractivity contribution in [1.29, 1.82) is 0 Å². The predicted molar refractivity (Wildman–Crippen MR) is 67.6 cm³/mol. The number of carboxylic acids is 1. The molecule has 0 fully saturated rings. The van der Waals surface area contributed by atoms with Crippen LogP contribution in [0.25, 0.3) is 0 Å². The number of hydrogen-bond acceptors (Lipinski definition) is 1. The topological polar surface area (TPSA) is 37.3 Å². The molecule has 1 aromatic carbocycles. The first-order valence-electron chi connectivity index (χ1n) is 5.73. The highest BCUT2D eigenvalue weighted by Crippen LogP contribution is 2.08. The largest absolute Gasteiger partial charge is 0.481 e. The molecule has 0 aromatic heterocycles. The third-order valence-electron chi connectivity index (χ3n) is 2.07. The Labute approximate surface area is 98.3 Å². The monoisotopic (exact) mass is 222 g/mol. The van der Waals surface area contributed by atoms with Crippen molar-refractivity contribution in [1.82, 2.24) is 0 Å². The lowest BCUT2D eigenvalue weighted by molar-refractivity contribution is -0.136. The third kappa shape index (κ3) is 8.04. The van der Waals surface area contributed by atoms with Crippen LogP contribution < -0.4 is 0 Å². The number of hydrogen-bond donors (Lipinski definition) is 1. The predicted octanol–water partition coefficient (Wildman–Crippen LogP) is 3.67. The summed E-state index contributed by atoms with van der Waals surface area (Å²) in [7, 11) is 0. The minimum atomic E-state index is -0.745. The van der Waals surface area contributed by atoms with Crippen molar-refractivity contribution in [3.8, 4) is 0 Å². The molecule has 1 N–H and O–H groups in total. The van der Waals surface area contributed by atoms with Crippen molar-refractivity contribution >= 4 is 5.97 Å². The van der Waals surface area contributed by atoms with Gasteiger partial charge in [-0.15, -0.1) is 0 Å². The molecular formula is C14H22O2. The van der Waals surface area contributed by atoms with E-state index in [1.807, 2.05) is 0 Å². The number of aliphatic carboxylic acids is 1. The highest BCUT2D eigenvalue weighted by atomic mass is 16.4. The van der Waals surface area contributed by atoms with E-state index in [-0.39, 0.29) is 6.42 Å². The maximum Gasteiger partial charge on any atom is 0.303 e. The Morgan fingerprint density at radius 1 is 1.25 bits per heavy atom. The van der Waals surface area contributed by atoms with Crippen LogP contribution in [0, 0.1) is 12.8 Å². The molecule has 1 aromatic rings. The van der Waals surface area contributed by atoms with Gasteiger partial charge in [-0.05, 0) is 24.8 Å². The fourth-order valence-corrected chi connectivity index (χ4v) is 1.20. The number of benzene rings is 1. The van der Waals surface area contributed by atoms with Crippen LogP contribution in [0.1, 0.15) is 38.3 Å². The third-order valence-corrected chi connectivity index (χ3v) is 2.07. The second-order valence-electron chi connectivity index (χ2n) is 4.33. The standard InChI is InChI=1S/C11H16.C3H6O2/c1-9(2)8-11-6-4-10(3)5-7-11;1-2-3(4)5/h4-7,9H,8H2,1-3H3;2H2,1H3,(H,4,5). The summed E-state index contributed by atoms with van der Waals surface area (Å²) in [5.74, 6) is 0.0164. The van der Waals surface area contributed by atoms with Gasteiger partial charge in [0.15, 0.2) is 0 Å². The molecule has 1 rings (SSSR count). The lowest BCUT2D eigenvalue weighted by Crippen LogP contribution is -1.93. The van der Waals surface area contributed by atoms with Gasteiger partial charge in [-0.3, -0.25) is 4.79 Å².